The molecule has 0 amide bonds. The zero-order chi connectivity index (χ0) is 42.1. The Morgan fingerprint density at radius 2 is 0.629 bits per heavy atom. The van der Waals surface area contributed by atoms with Crippen LogP contribution in [0.5, 0.6) is 0 Å². The minimum absolute atomic E-state index is 0. The van der Waals surface area contributed by atoms with Crippen LogP contribution in [-0.4, -0.2) is 9.97 Å². The van der Waals surface area contributed by atoms with Gasteiger partial charge in [0.1, 0.15) is 0 Å². The summed E-state index contributed by atoms with van der Waals surface area (Å²) in [6.07, 6.45) is 15.7. The van der Waals surface area contributed by atoms with Crippen LogP contribution >= 0.6 is 0 Å². The molecule has 7 aromatic rings. The molecule has 2 aliphatic rings. The Kier molecular flexibility index (Phi) is 12.6. The molecule has 4 nitrogen and oxygen atoms in total. The van der Waals surface area contributed by atoms with Crippen molar-refractivity contribution in [2.45, 2.75) is 85.5 Å². The van der Waals surface area contributed by atoms with Crippen molar-refractivity contribution in [3.8, 4) is 44.5 Å². The number of benzene rings is 4. The third-order valence-electron chi connectivity index (χ3n) is 12.6. The third-order valence-corrected chi connectivity index (χ3v) is 12.6. The Morgan fingerprint density at radius 1 is 0.371 bits per heavy atom. The molecule has 0 atom stereocenters. The van der Waals surface area contributed by atoms with Crippen LogP contribution in [0.2, 0.25) is 0 Å². The van der Waals surface area contributed by atoms with E-state index in [1.54, 1.807) is 0 Å². The van der Waals surface area contributed by atoms with Gasteiger partial charge in [0.2, 0.25) is 0 Å². The summed E-state index contributed by atoms with van der Waals surface area (Å²) in [5.41, 5.74) is 20.5. The summed E-state index contributed by atoms with van der Waals surface area (Å²) in [6.45, 7) is 13.3. The Labute approximate surface area is 380 Å². The van der Waals surface area contributed by atoms with Crippen LogP contribution in [0, 0.1) is 20.8 Å². The molecule has 304 valence electrons. The second-order valence-corrected chi connectivity index (χ2v) is 17.1. The molecule has 8 bridgehead atoms. The van der Waals surface area contributed by atoms with Crippen molar-refractivity contribution in [2.24, 2.45) is 0 Å². The van der Waals surface area contributed by atoms with Crippen molar-refractivity contribution >= 4 is 46.4 Å². The molecule has 5 heterocycles. The normalized spacial score (nSPS) is 12.2. The van der Waals surface area contributed by atoms with Gasteiger partial charge in [0, 0.05) is 0 Å². The number of aryl methyl sites for hydroxylation is 3. The van der Waals surface area contributed by atoms with E-state index in [0.29, 0.717) is 0 Å². The van der Waals surface area contributed by atoms with Crippen molar-refractivity contribution in [1.29, 1.82) is 0 Å². The molecule has 0 saturated carbocycles. The van der Waals surface area contributed by atoms with Crippen LogP contribution in [0.15, 0.2) is 121 Å². The molecule has 0 N–H and O–H groups in total. The van der Waals surface area contributed by atoms with E-state index < -0.39 is 0 Å². The van der Waals surface area contributed by atoms with Crippen LogP contribution < -0.4 is 9.97 Å². The summed E-state index contributed by atoms with van der Waals surface area (Å²) in [5.74, 6) is 0. The smallest absolute Gasteiger partial charge is 0.657 e. The summed E-state index contributed by atoms with van der Waals surface area (Å²) in [5, 5.41) is 0. The number of hydrogen-bond acceptors (Lipinski definition) is 2. The molecule has 0 saturated heterocycles. The largest absolute Gasteiger partial charge is 2.00 e. The van der Waals surface area contributed by atoms with Gasteiger partial charge in [0.05, 0.1) is 22.8 Å². The number of nitrogens with zero attached hydrogens (tertiary/aromatic N) is 4. The van der Waals surface area contributed by atoms with Gasteiger partial charge in [-0.05, 0) is 120 Å². The fourth-order valence-electron chi connectivity index (χ4n) is 9.67. The van der Waals surface area contributed by atoms with Crippen LogP contribution in [0.3, 0.4) is 0 Å². The van der Waals surface area contributed by atoms with Gasteiger partial charge < -0.3 is 9.97 Å². The number of fused-ring (bicyclic) bond motifs is 8. The van der Waals surface area contributed by atoms with E-state index in [1.807, 2.05) is 0 Å². The summed E-state index contributed by atoms with van der Waals surface area (Å²) >= 11 is 0. The summed E-state index contributed by atoms with van der Waals surface area (Å²) in [7, 11) is 0. The van der Waals surface area contributed by atoms with Gasteiger partial charge in [-0.15, -0.1) is 22.1 Å². The van der Waals surface area contributed by atoms with Crippen molar-refractivity contribution in [3.63, 3.8) is 0 Å². The van der Waals surface area contributed by atoms with Gasteiger partial charge >= 0.3 is 19.5 Å². The molecule has 5 heteroatoms. The molecule has 0 unspecified atom stereocenters. The second kappa shape index (κ2) is 18.2. The van der Waals surface area contributed by atoms with Gasteiger partial charge in [-0.1, -0.05) is 178 Å². The minimum atomic E-state index is 0. The maximum Gasteiger partial charge on any atom is 2.00 e. The SMILES string of the molecule is CCCC(CCC)(CCC)c1ccc(-c2c3nc(c(-c4ccc(C)cc4)c4ccc([n-]4)c(-c4ccc(C)cc4)c4nc(c(-c5ccc(C)cc5)c5ccc2[n-]5)C=C4)C=C3)cc1.[Zn+2]. The van der Waals surface area contributed by atoms with Crippen molar-refractivity contribution in [2.75, 3.05) is 0 Å². The Hall–Kier alpha value is -5.90. The summed E-state index contributed by atoms with van der Waals surface area (Å²) in [4.78, 5) is 21.9. The van der Waals surface area contributed by atoms with Crippen molar-refractivity contribution < 1.29 is 19.5 Å². The van der Waals surface area contributed by atoms with Crippen molar-refractivity contribution in [1.82, 2.24) is 19.9 Å². The summed E-state index contributed by atoms with van der Waals surface area (Å²) < 4.78 is 0. The first-order chi connectivity index (χ1) is 29.8. The standard InChI is InChI=1S/C57H54N4.Zn/c1-7-34-57(35-8-2,36-9-3)44-24-22-43(23-25-44)56-51-32-30-49(60-51)54(41-18-12-38(5)13-19-41)47-28-26-45(58-47)53(40-16-10-37(4)11-17-40)46-27-29-48(59-46)55(50-31-33-52(56)61-50)42-20-14-39(6)15-21-42;/h10-33H,7-9,34-36H2,1-6H3;/q-2;+2. The van der Waals surface area contributed by atoms with E-state index in [4.69, 9.17) is 19.9 Å². The predicted molar refractivity (Wildman–Crippen MR) is 259 cm³/mol. The van der Waals surface area contributed by atoms with Crippen LogP contribution in [0.4, 0.5) is 0 Å². The molecule has 2 aliphatic heterocycles. The van der Waals surface area contributed by atoms with Gasteiger partial charge in [-0.3, -0.25) is 0 Å². The number of rotatable bonds is 11. The first-order valence-corrected chi connectivity index (χ1v) is 22.1. The fraction of sp³-hybridized carbons (Fsp3) is 0.228. The molecular weight excluding hydrogens is 806 g/mol. The molecule has 62 heavy (non-hydrogen) atoms. The van der Waals surface area contributed by atoms with Crippen LogP contribution in [-0.2, 0) is 24.9 Å². The molecule has 0 radical (unpaired) electrons. The monoisotopic (exact) mass is 858 g/mol. The molecule has 0 fully saturated rings. The van der Waals surface area contributed by atoms with E-state index in [-0.39, 0.29) is 24.9 Å². The minimum Gasteiger partial charge on any atom is -0.657 e. The van der Waals surface area contributed by atoms with Gasteiger partial charge in [0.15, 0.2) is 0 Å². The second-order valence-electron chi connectivity index (χ2n) is 17.1. The Balaban J connectivity index is 0.00000529. The average Bonchev–Trinajstić information content (AvgIpc) is 4.12. The van der Waals surface area contributed by atoms with Crippen molar-refractivity contribution in [3.05, 3.63) is 166 Å². The van der Waals surface area contributed by atoms with Gasteiger partial charge in [0.25, 0.3) is 0 Å². The predicted octanol–water partition coefficient (Wildman–Crippen LogP) is 15.1. The maximum atomic E-state index is 5.51. The van der Waals surface area contributed by atoms with Gasteiger partial charge in [-0.25, -0.2) is 9.97 Å². The molecule has 9 rings (SSSR count). The van der Waals surface area contributed by atoms with E-state index in [9.17, 15) is 0 Å². The molecule has 4 aromatic carbocycles. The van der Waals surface area contributed by atoms with E-state index in [2.05, 4.69) is 187 Å². The van der Waals surface area contributed by atoms with E-state index in [0.717, 1.165) is 89.4 Å². The first-order valence-electron chi connectivity index (χ1n) is 22.1. The average molecular weight is 860 g/mol. The maximum absolute atomic E-state index is 5.51. The topological polar surface area (TPSA) is 54.0 Å². The summed E-state index contributed by atoms with van der Waals surface area (Å²) in [6, 6.07) is 44.1. The van der Waals surface area contributed by atoms with E-state index in [1.165, 1.54) is 60.8 Å². The van der Waals surface area contributed by atoms with Gasteiger partial charge in [-0.2, -0.15) is 0 Å². The first kappa shape index (κ1) is 42.8. The Morgan fingerprint density at radius 3 is 0.887 bits per heavy atom. The molecular formula is C57H54N4Zn. The number of hydrogen-bond donors (Lipinski definition) is 0. The zero-order valence-corrected chi connectivity index (χ0v) is 40.1. The van der Waals surface area contributed by atoms with Crippen LogP contribution in [0.1, 0.15) is 104 Å². The molecule has 3 aromatic heterocycles. The fourth-order valence-corrected chi connectivity index (χ4v) is 9.67. The van der Waals surface area contributed by atoms with Crippen LogP contribution in [0.25, 0.3) is 90.9 Å². The third kappa shape index (κ3) is 8.24. The molecule has 0 aliphatic carbocycles. The number of aromatic nitrogens is 4. The Bertz CT molecular complexity index is 2880. The quantitative estimate of drug-likeness (QED) is 0.122. The zero-order valence-electron chi connectivity index (χ0n) is 37.1. The van der Waals surface area contributed by atoms with E-state index >= 15 is 0 Å². The molecule has 0 spiro atoms.